The number of benzene rings is 1. The minimum atomic E-state index is -1.09. The number of aromatic carboxylic acids is 1. The second-order valence-corrected chi connectivity index (χ2v) is 3.85. The molecule has 2 aromatic rings. The van der Waals surface area contributed by atoms with Crippen molar-refractivity contribution in [3.63, 3.8) is 0 Å². The maximum atomic E-state index is 10.6. The van der Waals surface area contributed by atoms with Crippen LogP contribution in [-0.2, 0) is 6.42 Å². The molecule has 0 saturated carbocycles. The molecule has 5 heteroatoms. The Bertz CT molecular complexity index is 547. The first-order valence-corrected chi connectivity index (χ1v) is 5.54. The molecule has 0 saturated heterocycles. The Labute approximate surface area is 104 Å². The monoisotopic (exact) mass is 247 g/mol. The van der Waals surface area contributed by atoms with E-state index in [9.17, 15) is 4.79 Å². The van der Waals surface area contributed by atoms with Gasteiger partial charge in [-0.05, 0) is 18.6 Å². The molecule has 1 N–H and O–H groups in total. The van der Waals surface area contributed by atoms with Crippen molar-refractivity contribution in [3.8, 4) is 5.75 Å². The first kappa shape index (κ1) is 12.2. The van der Waals surface area contributed by atoms with Gasteiger partial charge >= 0.3 is 5.97 Å². The Balaban J connectivity index is 1.88. The van der Waals surface area contributed by atoms with Crippen molar-refractivity contribution in [3.05, 3.63) is 47.3 Å². The van der Waals surface area contributed by atoms with Gasteiger partial charge in [0.2, 0.25) is 0 Å². The van der Waals surface area contributed by atoms with Crippen LogP contribution in [-0.4, -0.2) is 22.8 Å². The quantitative estimate of drug-likeness (QED) is 0.877. The van der Waals surface area contributed by atoms with Crippen LogP contribution in [0.2, 0.25) is 0 Å². The second-order valence-electron chi connectivity index (χ2n) is 3.85. The average Bonchev–Trinajstić information content (AvgIpc) is 2.80. The number of para-hydroxylation sites is 1. The molecule has 5 nitrogen and oxygen atoms in total. The van der Waals surface area contributed by atoms with Gasteiger partial charge in [0.05, 0.1) is 6.61 Å². The highest BCUT2D eigenvalue weighted by Crippen LogP contribution is 2.16. The summed E-state index contributed by atoms with van der Waals surface area (Å²) in [7, 11) is 0. The first-order valence-electron chi connectivity index (χ1n) is 5.54. The molecule has 0 fully saturated rings. The molecule has 0 bridgehead atoms. The van der Waals surface area contributed by atoms with Crippen LogP contribution >= 0.6 is 0 Å². The summed E-state index contributed by atoms with van der Waals surface area (Å²) in [5.41, 5.74) is 0.974. The predicted octanol–water partition coefficient (Wildman–Crippen LogP) is 2.30. The molecule has 0 atom stereocenters. The van der Waals surface area contributed by atoms with E-state index in [1.165, 1.54) is 6.07 Å². The summed E-state index contributed by atoms with van der Waals surface area (Å²) in [4.78, 5) is 10.6. The molecule has 0 unspecified atom stereocenters. The summed E-state index contributed by atoms with van der Waals surface area (Å²) in [5.74, 6) is 0.223. The Morgan fingerprint density at radius 3 is 2.89 bits per heavy atom. The van der Waals surface area contributed by atoms with Crippen molar-refractivity contribution in [2.75, 3.05) is 6.61 Å². The summed E-state index contributed by atoms with van der Waals surface area (Å²) in [6.45, 7) is 2.38. The number of ether oxygens (including phenoxy) is 1. The van der Waals surface area contributed by atoms with Crippen molar-refractivity contribution in [2.24, 2.45) is 0 Å². The highest BCUT2D eigenvalue weighted by atomic mass is 16.5. The number of carboxylic acids is 1. The van der Waals surface area contributed by atoms with Gasteiger partial charge in [-0.25, -0.2) is 4.79 Å². The van der Waals surface area contributed by atoms with E-state index < -0.39 is 5.97 Å². The molecule has 1 aromatic carbocycles. The van der Waals surface area contributed by atoms with Gasteiger partial charge in [0.1, 0.15) is 11.5 Å². The summed E-state index contributed by atoms with van der Waals surface area (Å²) in [6.07, 6.45) is 0.481. The van der Waals surface area contributed by atoms with Crippen molar-refractivity contribution in [1.29, 1.82) is 0 Å². The summed E-state index contributed by atoms with van der Waals surface area (Å²) in [5, 5.41) is 12.1. The fourth-order valence-electron chi connectivity index (χ4n) is 1.51. The lowest BCUT2D eigenvalue weighted by Gasteiger charge is -2.06. The number of carbonyl (C=O) groups is 1. The fraction of sp³-hybridized carbons (Fsp3) is 0.231. The molecular weight excluding hydrogens is 234 g/mol. The number of aromatic nitrogens is 1. The van der Waals surface area contributed by atoms with E-state index in [2.05, 4.69) is 5.16 Å². The zero-order valence-corrected chi connectivity index (χ0v) is 9.92. The van der Waals surface area contributed by atoms with Crippen LogP contribution in [0.4, 0.5) is 0 Å². The molecule has 0 aliphatic carbocycles. The molecule has 0 amide bonds. The van der Waals surface area contributed by atoms with Gasteiger partial charge in [-0.1, -0.05) is 23.4 Å². The molecule has 0 aliphatic rings. The third-order valence-corrected chi connectivity index (χ3v) is 2.48. The number of rotatable bonds is 5. The van der Waals surface area contributed by atoms with Gasteiger partial charge in [-0.2, -0.15) is 0 Å². The van der Waals surface area contributed by atoms with E-state index in [0.29, 0.717) is 18.8 Å². The van der Waals surface area contributed by atoms with Crippen LogP contribution < -0.4 is 4.74 Å². The Hall–Kier alpha value is -2.30. The van der Waals surface area contributed by atoms with E-state index in [0.717, 1.165) is 11.3 Å². The third kappa shape index (κ3) is 2.88. The molecule has 1 aromatic heterocycles. The molecular formula is C13H13NO4. The van der Waals surface area contributed by atoms with Gasteiger partial charge in [0, 0.05) is 12.5 Å². The summed E-state index contributed by atoms with van der Waals surface area (Å²) >= 11 is 0. The van der Waals surface area contributed by atoms with Crippen LogP contribution in [0.25, 0.3) is 0 Å². The van der Waals surface area contributed by atoms with Crippen molar-refractivity contribution >= 4 is 5.97 Å². The van der Waals surface area contributed by atoms with Gasteiger partial charge in [0.25, 0.3) is 0 Å². The minimum Gasteiger partial charge on any atom is -0.493 e. The van der Waals surface area contributed by atoms with Crippen molar-refractivity contribution in [1.82, 2.24) is 5.16 Å². The van der Waals surface area contributed by atoms with E-state index in [1.54, 1.807) is 0 Å². The van der Waals surface area contributed by atoms with Gasteiger partial charge in [0.15, 0.2) is 5.69 Å². The molecule has 0 aliphatic heterocycles. The topological polar surface area (TPSA) is 72.6 Å². The number of carboxylic acid groups (broad SMARTS) is 1. The van der Waals surface area contributed by atoms with Gasteiger partial charge in [-0.15, -0.1) is 0 Å². The standard InChI is InChI=1S/C13H13NO4/c1-9-4-2-3-5-12(9)17-7-6-10-8-11(13(15)16)14-18-10/h2-5,8H,6-7H2,1H3,(H,15,16). The van der Waals surface area contributed by atoms with Crippen LogP contribution in [0.15, 0.2) is 34.9 Å². The number of hydrogen-bond acceptors (Lipinski definition) is 4. The zero-order valence-electron chi connectivity index (χ0n) is 9.92. The largest absolute Gasteiger partial charge is 0.493 e. The Morgan fingerprint density at radius 1 is 1.44 bits per heavy atom. The number of nitrogens with zero attached hydrogens (tertiary/aromatic N) is 1. The zero-order chi connectivity index (χ0) is 13.0. The predicted molar refractivity (Wildman–Crippen MR) is 63.8 cm³/mol. The SMILES string of the molecule is Cc1ccccc1OCCc1cc(C(=O)O)no1. The minimum absolute atomic E-state index is 0.0825. The number of aryl methyl sites for hydroxylation is 1. The van der Waals surface area contributed by atoms with E-state index in [-0.39, 0.29) is 5.69 Å². The van der Waals surface area contributed by atoms with E-state index >= 15 is 0 Å². The number of hydrogen-bond donors (Lipinski definition) is 1. The Kier molecular flexibility index (Phi) is 3.62. The molecule has 0 radical (unpaired) electrons. The van der Waals surface area contributed by atoms with Crippen molar-refractivity contribution in [2.45, 2.75) is 13.3 Å². The lowest BCUT2D eigenvalue weighted by atomic mass is 10.2. The molecule has 18 heavy (non-hydrogen) atoms. The van der Waals surface area contributed by atoms with E-state index in [1.807, 2.05) is 31.2 Å². The molecule has 0 spiro atoms. The molecule has 94 valence electrons. The average molecular weight is 247 g/mol. The Morgan fingerprint density at radius 2 is 2.22 bits per heavy atom. The van der Waals surface area contributed by atoms with Gasteiger partial charge in [-0.3, -0.25) is 0 Å². The fourth-order valence-corrected chi connectivity index (χ4v) is 1.51. The van der Waals surface area contributed by atoms with Gasteiger partial charge < -0.3 is 14.4 Å². The summed E-state index contributed by atoms with van der Waals surface area (Å²) < 4.78 is 10.5. The van der Waals surface area contributed by atoms with Crippen LogP contribution in [0.5, 0.6) is 5.75 Å². The third-order valence-electron chi connectivity index (χ3n) is 2.48. The van der Waals surface area contributed by atoms with Crippen LogP contribution in [0.3, 0.4) is 0 Å². The molecule has 2 rings (SSSR count). The second kappa shape index (κ2) is 5.35. The first-order chi connectivity index (χ1) is 8.66. The molecule has 1 heterocycles. The van der Waals surface area contributed by atoms with Crippen LogP contribution in [0.1, 0.15) is 21.8 Å². The highest BCUT2D eigenvalue weighted by molar-refractivity contribution is 5.85. The van der Waals surface area contributed by atoms with Crippen LogP contribution in [0, 0.1) is 6.92 Å². The lowest BCUT2D eigenvalue weighted by molar-refractivity contribution is 0.0685. The normalized spacial score (nSPS) is 10.3. The van der Waals surface area contributed by atoms with E-state index in [4.69, 9.17) is 14.4 Å². The maximum Gasteiger partial charge on any atom is 0.358 e. The maximum absolute atomic E-state index is 10.6. The highest BCUT2D eigenvalue weighted by Gasteiger charge is 2.10. The van der Waals surface area contributed by atoms with Crippen molar-refractivity contribution < 1.29 is 19.2 Å². The smallest absolute Gasteiger partial charge is 0.358 e. The lowest BCUT2D eigenvalue weighted by Crippen LogP contribution is -2.01. The summed E-state index contributed by atoms with van der Waals surface area (Å²) in [6, 6.07) is 9.10.